The standard InChI is InChI=1S/C14H23ClN2O2/c1-4-18-7-8-19-14-6-5-12(15)13(17-14)10-16-9-11(2)3/h5-6,11,16H,4,7-10H2,1-3H3. The van der Waals surface area contributed by atoms with Crippen molar-refractivity contribution in [3.63, 3.8) is 0 Å². The van der Waals surface area contributed by atoms with E-state index >= 15 is 0 Å². The van der Waals surface area contributed by atoms with Crippen molar-refractivity contribution >= 4 is 11.6 Å². The van der Waals surface area contributed by atoms with Gasteiger partial charge in [-0.15, -0.1) is 0 Å². The minimum Gasteiger partial charge on any atom is -0.475 e. The molecule has 0 aliphatic rings. The normalized spacial score (nSPS) is 11.0. The number of pyridine rings is 1. The summed E-state index contributed by atoms with van der Waals surface area (Å²) in [7, 11) is 0. The van der Waals surface area contributed by atoms with Gasteiger partial charge in [-0.25, -0.2) is 4.98 Å². The highest BCUT2D eigenvalue weighted by molar-refractivity contribution is 6.31. The summed E-state index contributed by atoms with van der Waals surface area (Å²) in [6.45, 7) is 9.64. The molecule has 0 radical (unpaired) electrons. The molecule has 0 saturated carbocycles. The van der Waals surface area contributed by atoms with E-state index in [0.717, 1.165) is 12.2 Å². The van der Waals surface area contributed by atoms with Crippen LogP contribution in [0.15, 0.2) is 12.1 Å². The summed E-state index contributed by atoms with van der Waals surface area (Å²) >= 11 is 6.11. The topological polar surface area (TPSA) is 43.4 Å². The van der Waals surface area contributed by atoms with Crippen LogP contribution in [0.4, 0.5) is 0 Å². The molecule has 0 atom stereocenters. The fraction of sp³-hybridized carbons (Fsp3) is 0.643. The molecule has 0 bridgehead atoms. The predicted molar refractivity (Wildman–Crippen MR) is 77.8 cm³/mol. The number of rotatable bonds is 9. The van der Waals surface area contributed by atoms with Crippen LogP contribution in [0.3, 0.4) is 0 Å². The van der Waals surface area contributed by atoms with Crippen molar-refractivity contribution in [3.05, 3.63) is 22.8 Å². The Morgan fingerprint density at radius 1 is 1.32 bits per heavy atom. The Labute approximate surface area is 120 Å². The van der Waals surface area contributed by atoms with Gasteiger partial charge in [0.15, 0.2) is 0 Å². The monoisotopic (exact) mass is 286 g/mol. The third-order valence-electron chi connectivity index (χ3n) is 2.42. The average Bonchev–Trinajstić information content (AvgIpc) is 2.37. The molecular formula is C14H23ClN2O2. The van der Waals surface area contributed by atoms with Crippen LogP contribution in [0.1, 0.15) is 26.5 Å². The van der Waals surface area contributed by atoms with E-state index in [1.54, 1.807) is 6.07 Å². The van der Waals surface area contributed by atoms with Gasteiger partial charge >= 0.3 is 0 Å². The number of hydrogen-bond acceptors (Lipinski definition) is 4. The second kappa shape index (κ2) is 9.13. The zero-order valence-corrected chi connectivity index (χ0v) is 12.7. The van der Waals surface area contributed by atoms with Crippen molar-refractivity contribution in [2.45, 2.75) is 27.3 Å². The first-order chi connectivity index (χ1) is 9.13. The summed E-state index contributed by atoms with van der Waals surface area (Å²) in [5.41, 5.74) is 0.816. The predicted octanol–water partition coefficient (Wildman–Crippen LogP) is 2.90. The largest absolute Gasteiger partial charge is 0.475 e. The molecule has 108 valence electrons. The summed E-state index contributed by atoms with van der Waals surface area (Å²) in [6, 6.07) is 3.59. The van der Waals surface area contributed by atoms with Crippen molar-refractivity contribution in [2.24, 2.45) is 5.92 Å². The molecule has 1 aromatic rings. The third-order valence-corrected chi connectivity index (χ3v) is 2.76. The lowest BCUT2D eigenvalue weighted by Crippen LogP contribution is -2.20. The molecule has 1 aromatic heterocycles. The Balaban J connectivity index is 2.46. The smallest absolute Gasteiger partial charge is 0.213 e. The van der Waals surface area contributed by atoms with E-state index < -0.39 is 0 Å². The Morgan fingerprint density at radius 2 is 2.11 bits per heavy atom. The van der Waals surface area contributed by atoms with Gasteiger partial charge in [0.05, 0.1) is 17.3 Å². The van der Waals surface area contributed by atoms with E-state index in [-0.39, 0.29) is 0 Å². The van der Waals surface area contributed by atoms with Crippen LogP contribution in [0, 0.1) is 5.92 Å². The van der Waals surface area contributed by atoms with Gasteiger partial charge < -0.3 is 14.8 Å². The molecule has 4 nitrogen and oxygen atoms in total. The van der Waals surface area contributed by atoms with Crippen molar-refractivity contribution in [1.82, 2.24) is 10.3 Å². The summed E-state index contributed by atoms with van der Waals surface area (Å²) < 4.78 is 10.7. The molecule has 0 amide bonds. The van der Waals surface area contributed by atoms with Crippen LogP contribution in [0.5, 0.6) is 5.88 Å². The first kappa shape index (κ1) is 16.2. The lowest BCUT2D eigenvalue weighted by molar-refractivity contribution is 0.108. The van der Waals surface area contributed by atoms with E-state index in [4.69, 9.17) is 21.1 Å². The number of aromatic nitrogens is 1. The molecule has 0 spiro atoms. The number of ether oxygens (including phenoxy) is 2. The maximum Gasteiger partial charge on any atom is 0.213 e. The Hall–Kier alpha value is -0.840. The van der Waals surface area contributed by atoms with Gasteiger partial charge in [-0.1, -0.05) is 25.4 Å². The molecular weight excluding hydrogens is 264 g/mol. The van der Waals surface area contributed by atoms with E-state index in [0.29, 0.717) is 43.2 Å². The first-order valence-electron chi connectivity index (χ1n) is 6.70. The third kappa shape index (κ3) is 6.76. The molecule has 0 aliphatic carbocycles. The lowest BCUT2D eigenvalue weighted by Gasteiger charge is -2.10. The summed E-state index contributed by atoms with van der Waals surface area (Å²) in [5, 5.41) is 3.98. The first-order valence-corrected chi connectivity index (χ1v) is 7.08. The minimum atomic E-state index is 0.501. The molecule has 1 N–H and O–H groups in total. The number of nitrogens with zero attached hydrogens (tertiary/aromatic N) is 1. The molecule has 1 heterocycles. The van der Waals surface area contributed by atoms with Gasteiger partial charge in [0.1, 0.15) is 6.61 Å². The highest BCUT2D eigenvalue weighted by atomic mass is 35.5. The Bertz CT molecular complexity index is 372. The van der Waals surface area contributed by atoms with Crippen LogP contribution >= 0.6 is 11.6 Å². The molecule has 0 unspecified atom stereocenters. The van der Waals surface area contributed by atoms with Crippen LogP contribution in [0.2, 0.25) is 5.02 Å². The summed E-state index contributed by atoms with van der Waals surface area (Å²) in [4.78, 5) is 4.39. The van der Waals surface area contributed by atoms with Crippen molar-refractivity contribution in [3.8, 4) is 5.88 Å². The van der Waals surface area contributed by atoms with E-state index in [1.165, 1.54) is 0 Å². The van der Waals surface area contributed by atoms with Crippen molar-refractivity contribution in [2.75, 3.05) is 26.4 Å². The molecule has 0 saturated heterocycles. The van der Waals surface area contributed by atoms with Crippen molar-refractivity contribution < 1.29 is 9.47 Å². The SMILES string of the molecule is CCOCCOc1ccc(Cl)c(CNCC(C)C)n1. The summed E-state index contributed by atoms with van der Waals surface area (Å²) in [5.74, 6) is 1.19. The quantitative estimate of drug-likeness (QED) is 0.709. The molecule has 0 fully saturated rings. The average molecular weight is 287 g/mol. The highest BCUT2D eigenvalue weighted by Crippen LogP contribution is 2.18. The zero-order chi connectivity index (χ0) is 14.1. The van der Waals surface area contributed by atoms with E-state index in [1.807, 2.05) is 13.0 Å². The molecule has 1 rings (SSSR count). The maximum atomic E-state index is 6.11. The van der Waals surface area contributed by atoms with Gasteiger partial charge in [0.25, 0.3) is 0 Å². The van der Waals surface area contributed by atoms with Crippen LogP contribution in [0.25, 0.3) is 0 Å². The number of halogens is 1. The maximum absolute atomic E-state index is 6.11. The van der Waals surface area contributed by atoms with Crippen molar-refractivity contribution in [1.29, 1.82) is 0 Å². The van der Waals surface area contributed by atoms with Crippen LogP contribution in [-0.2, 0) is 11.3 Å². The molecule has 5 heteroatoms. The zero-order valence-electron chi connectivity index (χ0n) is 11.9. The lowest BCUT2D eigenvalue weighted by atomic mass is 10.2. The van der Waals surface area contributed by atoms with Crippen LogP contribution in [-0.4, -0.2) is 31.3 Å². The van der Waals surface area contributed by atoms with Gasteiger partial charge in [-0.05, 0) is 25.5 Å². The van der Waals surface area contributed by atoms with Crippen LogP contribution < -0.4 is 10.1 Å². The fourth-order valence-corrected chi connectivity index (χ4v) is 1.67. The van der Waals surface area contributed by atoms with Gasteiger partial charge in [0, 0.05) is 19.2 Å². The number of hydrogen-bond donors (Lipinski definition) is 1. The second-order valence-electron chi connectivity index (χ2n) is 4.65. The number of nitrogens with one attached hydrogen (secondary N) is 1. The van der Waals surface area contributed by atoms with Gasteiger partial charge in [-0.3, -0.25) is 0 Å². The Kier molecular flexibility index (Phi) is 7.79. The molecule has 0 aliphatic heterocycles. The molecule has 0 aromatic carbocycles. The fourth-order valence-electron chi connectivity index (χ4n) is 1.50. The van der Waals surface area contributed by atoms with E-state index in [9.17, 15) is 0 Å². The minimum absolute atomic E-state index is 0.501. The molecule has 19 heavy (non-hydrogen) atoms. The Morgan fingerprint density at radius 3 is 2.79 bits per heavy atom. The second-order valence-corrected chi connectivity index (χ2v) is 5.06. The van der Waals surface area contributed by atoms with E-state index in [2.05, 4.69) is 24.1 Å². The van der Waals surface area contributed by atoms with Gasteiger partial charge in [-0.2, -0.15) is 0 Å². The van der Waals surface area contributed by atoms with Gasteiger partial charge in [0.2, 0.25) is 5.88 Å². The summed E-state index contributed by atoms with van der Waals surface area (Å²) in [6.07, 6.45) is 0. The highest BCUT2D eigenvalue weighted by Gasteiger charge is 2.05.